The highest BCUT2D eigenvalue weighted by Crippen LogP contribution is 2.25. The van der Waals surface area contributed by atoms with Crippen LogP contribution in [0.25, 0.3) is 0 Å². The van der Waals surface area contributed by atoms with Crippen LogP contribution < -0.4 is 10.1 Å². The molecular weight excluding hydrogens is 456 g/mol. The Morgan fingerprint density at radius 1 is 1.03 bits per heavy atom. The van der Waals surface area contributed by atoms with Crippen LogP contribution >= 0.6 is 15.9 Å². The predicted octanol–water partition coefficient (Wildman–Crippen LogP) is 6.39. The molecule has 0 saturated carbocycles. The second-order valence-corrected chi connectivity index (χ2v) is 8.91. The van der Waals surface area contributed by atoms with Crippen molar-refractivity contribution in [3.8, 4) is 5.75 Å². The fraction of sp³-hybridized carbons (Fsp3) is 0.440. The number of halogens is 1. The van der Waals surface area contributed by atoms with E-state index in [9.17, 15) is 9.59 Å². The quantitative estimate of drug-likeness (QED) is 0.398. The summed E-state index contributed by atoms with van der Waals surface area (Å²) >= 11 is 3.43. The van der Waals surface area contributed by atoms with Gasteiger partial charge in [0, 0.05) is 28.8 Å². The maximum absolute atomic E-state index is 12.9. The Bertz CT molecular complexity index is 860. The molecule has 0 aliphatic rings. The van der Waals surface area contributed by atoms with Gasteiger partial charge in [-0.25, -0.2) is 0 Å². The lowest BCUT2D eigenvalue weighted by Crippen LogP contribution is -2.32. The molecule has 0 radical (unpaired) electrons. The number of carbonyl (C=O) groups excluding carboxylic acids is 2. The highest BCUT2D eigenvalue weighted by atomic mass is 79.9. The molecule has 2 amide bonds. The molecule has 0 bridgehead atoms. The van der Waals surface area contributed by atoms with Crippen molar-refractivity contribution in [2.24, 2.45) is 5.92 Å². The van der Waals surface area contributed by atoms with Gasteiger partial charge in [-0.1, -0.05) is 43.6 Å². The van der Waals surface area contributed by atoms with Crippen molar-refractivity contribution in [2.75, 3.05) is 25.0 Å². The molecule has 0 aliphatic heterocycles. The second kappa shape index (κ2) is 12.5. The maximum Gasteiger partial charge on any atom is 0.259 e. The number of benzene rings is 2. The Morgan fingerprint density at radius 3 is 2.26 bits per heavy atom. The largest absolute Gasteiger partial charge is 0.493 e. The third-order valence-electron chi connectivity index (χ3n) is 4.80. The van der Waals surface area contributed by atoms with Crippen LogP contribution in [0, 0.1) is 5.92 Å². The summed E-state index contributed by atoms with van der Waals surface area (Å²) < 4.78 is 6.66. The standard InChI is InChI=1S/C25H33BrN2O3/c1-5-14-28(15-6-2)25(30)19-7-10-21(11-8-19)27-24(29)22-17-20(26)9-12-23(22)31-16-13-18(3)4/h7-12,17-18H,5-6,13-16H2,1-4H3,(H,27,29). The van der Waals surface area contributed by atoms with Crippen molar-refractivity contribution in [1.29, 1.82) is 0 Å². The summed E-state index contributed by atoms with van der Waals surface area (Å²) in [6.45, 7) is 10.5. The topological polar surface area (TPSA) is 58.6 Å². The Kier molecular flexibility index (Phi) is 10.0. The molecule has 0 heterocycles. The molecule has 1 N–H and O–H groups in total. The predicted molar refractivity (Wildman–Crippen MR) is 130 cm³/mol. The zero-order valence-corrected chi connectivity index (χ0v) is 20.5. The van der Waals surface area contributed by atoms with Crippen molar-refractivity contribution in [2.45, 2.75) is 47.0 Å². The summed E-state index contributed by atoms with van der Waals surface area (Å²) in [7, 11) is 0. The first-order valence-corrected chi connectivity index (χ1v) is 11.8. The molecular formula is C25H33BrN2O3. The number of carbonyl (C=O) groups is 2. The molecule has 0 saturated heterocycles. The van der Waals surface area contributed by atoms with Crippen LogP contribution in [0.3, 0.4) is 0 Å². The molecule has 2 aromatic carbocycles. The summed E-state index contributed by atoms with van der Waals surface area (Å²) in [5.41, 5.74) is 1.72. The maximum atomic E-state index is 12.9. The van der Waals surface area contributed by atoms with Crippen molar-refractivity contribution in [1.82, 2.24) is 4.90 Å². The first kappa shape index (κ1) is 24.9. The van der Waals surface area contributed by atoms with Crippen molar-refractivity contribution >= 4 is 33.4 Å². The van der Waals surface area contributed by atoms with Crippen LogP contribution in [0.2, 0.25) is 0 Å². The van der Waals surface area contributed by atoms with Gasteiger partial charge in [-0.3, -0.25) is 9.59 Å². The van der Waals surface area contributed by atoms with Gasteiger partial charge < -0.3 is 15.0 Å². The molecule has 2 rings (SSSR count). The van der Waals surface area contributed by atoms with E-state index in [1.54, 1.807) is 36.4 Å². The Hall–Kier alpha value is -2.34. The number of rotatable bonds is 11. The van der Waals surface area contributed by atoms with E-state index in [0.717, 1.165) is 36.8 Å². The number of ether oxygens (including phenoxy) is 1. The Labute approximate surface area is 194 Å². The van der Waals surface area contributed by atoms with E-state index >= 15 is 0 Å². The molecule has 0 unspecified atom stereocenters. The van der Waals surface area contributed by atoms with E-state index in [1.807, 2.05) is 11.0 Å². The third-order valence-corrected chi connectivity index (χ3v) is 5.30. The summed E-state index contributed by atoms with van der Waals surface area (Å²) in [6.07, 6.45) is 2.77. The lowest BCUT2D eigenvalue weighted by atomic mass is 10.1. The number of hydrogen-bond acceptors (Lipinski definition) is 3. The van der Waals surface area contributed by atoms with E-state index in [1.165, 1.54) is 0 Å². The monoisotopic (exact) mass is 488 g/mol. The molecule has 0 atom stereocenters. The van der Waals surface area contributed by atoms with Crippen LogP contribution in [0.4, 0.5) is 5.69 Å². The van der Waals surface area contributed by atoms with Crippen molar-refractivity contribution in [3.05, 3.63) is 58.1 Å². The van der Waals surface area contributed by atoms with Gasteiger partial charge in [-0.2, -0.15) is 0 Å². The molecule has 0 aromatic heterocycles. The molecule has 0 fully saturated rings. The van der Waals surface area contributed by atoms with Gasteiger partial charge in [0.2, 0.25) is 0 Å². The number of nitrogens with zero attached hydrogens (tertiary/aromatic N) is 1. The average Bonchev–Trinajstić information content (AvgIpc) is 2.74. The zero-order chi connectivity index (χ0) is 22.8. The van der Waals surface area contributed by atoms with Crippen LogP contribution in [0.15, 0.2) is 46.9 Å². The Balaban J connectivity index is 2.10. The highest BCUT2D eigenvalue weighted by molar-refractivity contribution is 9.10. The van der Waals surface area contributed by atoms with Crippen molar-refractivity contribution < 1.29 is 14.3 Å². The number of anilines is 1. The summed E-state index contributed by atoms with van der Waals surface area (Å²) in [5, 5.41) is 2.91. The molecule has 168 valence electrons. The van der Waals surface area contributed by atoms with Gasteiger partial charge in [-0.15, -0.1) is 0 Å². The van der Waals surface area contributed by atoms with E-state index in [4.69, 9.17) is 4.74 Å². The smallest absolute Gasteiger partial charge is 0.259 e. The molecule has 2 aromatic rings. The SMILES string of the molecule is CCCN(CCC)C(=O)c1ccc(NC(=O)c2cc(Br)ccc2OCCC(C)C)cc1. The average molecular weight is 489 g/mol. The van der Waals surface area contributed by atoms with Crippen molar-refractivity contribution in [3.63, 3.8) is 0 Å². The lowest BCUT2D eigenvalue weighted by Gasteiger charge is -2.21. The van der Waals surface area contributed by atoms with E-state index < -0.39 is 0 Å². The van der Waals surface area contributed by atoms with Gasteiger partial charge in [0.25, 0.3) is 11.8 Å². The first-order chi connectivity index (χ1) is 14.8. The molecule has 31 heavy (non-hydrogen) atoms. The van der Waals surface area contributed by atoms with Gasteiger partial charge in [0.05, 0.1) is 12.2 Å². The third kappa shape index (κ3) is 7.69. The molecule has 6 heteroatoms. The summed E-state index contributed by atoms with van der Waals surface area (Å²) in [6, 6.07) is 12.5. The minimum absolute atomic E-state index is 0.0226. The number of amides is 2. The van der Waals surface area contributed by atoms with Crippen LogP contribution in [0.1, 0.15) is 67.7 Å². The lowest BCUT2D eigenvalue weighted by molar-refractivity contribution is 0.0755. The fourth-order valence-electron chi connectivity index (χ4n) is 3.14. The second-order valence-electron chi connectivity index (χ2n) is 8.00. The summed E-state index contributed by atoms with van der Waals surface area (Å²) in [4.78, 5) is 27.5. The minimum Gasteiger partial charge on any atom is -0.493 e. The van der Waals surface area contributed by atoms with E-state index in [2.05, 4.69) is 48.9 Å². The molecule has 5 nitrogen and oxygen atoms in total. The minimum atomic E-state index is -0.251. The van der Waals surface area contributed by atoms with Gasteiger partial charge >= 0.3 is 0 Å². The van der Waals surface area contributed by atoms with Gasteiger partial charge in [0.15, 0.2) is 0 Å². The van der Waals surface area contributed by atoms with Crippen LogP contribution in [-0.2, 0) is 0 Å². The normalized spacial score (nSPS) is 10.8. The van der Waals surface area contributed by atoms with Gasteiger partial charge in [0.1, 0.15) is 5.75 Å². The first-order valence-electron chi connectivity index (χ1n) is 11.0. The van der Waals surface area contributed by atoms with Crippen LogP contribution in [0.5, 0.6) is 5.75 Å². The van der Waals surface area contributed by atoms with E-state index in [-0.39, 0.29) is 11.8 Å². The Morgan fingerprint density at radius 2 is 1.68 bits per heavy atom. The van der Waals surface area contributed by atoms with Crippen LogP contribution in [-0.4, -0.2) is 36.4 Å². The number of nitrogens with one attached hydrogen (secondary N) is 1. The van der Waals surface area contributed by atoms with E-state index in [0.29, 0.717) is 35.1 Å². The zero-order valence-electron chi connectivity index (χ0n) is 18.9. The highest BCUT2D eigenvalue weighted by Gasteiger charge is 2.16. The molecule has 0 spiro atoms. The molecule has 0 aliphatic carbocycles. The fourth-order valence-corrected chi connectivity index (χ4v) is 3.50. The van der Waals surface area contributed by atoms with Gasteiger partial charge in [-0.05, 0) is 67.6 Å². The number of hydrogen-bond donors (Lipinski definition) is 1. The summed E-state index contributed by atoms with van der Waals surface area (Å²) in [5.74, 6) is 0.857.